The first-order chi connectivity index (χ1) is 7.08. The molecule has 6 nitrogen and oxygen atoms in total. The zero-order valence-corrected chi connectivity index (χ0v) is 7.52. The van der Waals surface area contributed by atoms with E-state index in [4.69, 9.17) is 0 Å². The summed E-state index contributed by atoms with van der Waals surface area (Å²) in [4.78, 5) is 32.1. The van der Waals surface area contributed by atoms with Crippen molar-refractivity contribution in [3.63, 3.8) is 0 Å². The van der Waals surface area contributed by atoms with Crippen LogP contribution in [0.1, 0.15) is 26.3 Å². The molecule has 0 unspecified atom stereocenters. The van der Waals surface area contributed by atoms with E-state index in [9.17, 15) is 19.7 Å². The maximum Gasteiger partial charge on any atom is 0.258 e. The molecule has 1 aromatic carbocycles. The Balaban J connectivity index is 2.42. The van der Waals surface area contributed by atoms with Crippen molar-refractivity contribution < 1.29 is 14.5 Å². The minimum absolute atomic E-state index is 0.208. The van der Waals surface area contributed by atoms with E-state index in [2.05, 4.69) is 5.32 Å². The molecule has 1 heterocycles. The maximum atomic E-state index is 11.2. The van der Waals surface area contributed by atoms with Gasteiger partial charge in [-0.25, -0.2) is 0 Å². The Bertz CT molecular complexity index is 481. The Labute approximate surface area is 84.0 Å². The average Bonchev–Trinajstić information content (AvgIpc) is 2.41. The third kappa shape index (κ3) is 1.56. The maximum absolute atomic E-state index is 11.2. The lowest BCUT2D eigenvalue weighted by Crippen LogP contribution is -2.19. The minimum atomic E-state index is -0.500. The second kappa shape index (κ2) is 3.16. The lowest BCUT2D eigenvalue weighted by Gasteiger charge is -1.97. The lowest BCUT2D eigenvalue weighted by atomic mass is 10.1. The standard InChI is InChI=1S/C9H6N2O4/c12-8-6-2-1-5(4-11(14)15)3-7(6)9(13)10-8/h1-3H,4H2,(H,10,12,13). The average molecular weight is 206 g/mol. The van der Waals surface area contributed by atoms with Gasteiger partial charge in [0.05, 0.1) is 11.1 Å². The number of fused-ring (bicyclic) bond motifs is 1. The number of nitrogens with one attached hydrogen (secondary N) is 1. The molecule has 0 saturated carbocycles. The molecule has 0 saturated heterocycles. The number of benzene rings is 1. The molecule has 2 amide bonds. The molecule has 0 radical (unpaired) electrons. The Kier molecular flexibility index (Phi) is 1.96. The molecule has 15 heavy (non-hydrogen) atoms. The van der Waals surface area contributed by atoms with Gasteiger partial charge in [-0.3, -0.25) is 25.0 Å². The first-order valence-corrected chi connectivity index (χ1v) is 4.18. The van der Waals surface area contributed by atoms with Crippen molar-refractivity contribution in [3.05, 3.63) is 45.0 Å². The van der Waals surface area contributed by atoms with E-state index in [1.807, 2.05) is 0 Å². The van der Waals surface area contributed by atoms with Gasteiger partial charge in [0.1, 0.15) is 0 Å². The molecule has 0 fully saturated rings. The van der Waals surface area contributed by atoms with Crippen LogP contribution in [0.25, 0.3) is 0 Å². The van der Waals surface area contributed by atoms with E-state index in [0.29, 0.717) is 5.56 Å². The third-order valence-corrected chi connectivity index (χ3v) is 2.11. The Morgan fingerprint density at radius 2 is 1.87 bits per heavy atom. The minimum Gasteiger partial charge on any atom is -0.288 e. The Morgan fingerprint density at radius 1 is 1.20 bits per heavy atom. The highest BCUT2D eigenvalue weighted by molar-refractivity contribution is 6.21. The van der Waals surface area contributed by atoms with Crippen LogP contribution < -0.4 is 5.32 Å². The number of amides is 2. The number of hydrogen-bond acceptors (Lipinski definition) is 4. The topological polar surface area (TPSA) is 89.3 Å². The Hall–Kier alpha value is -2.24. The zero-order chi connectivity index (χ0) is 11.0. The molecule has 1 aromatic rings. The van der Waals surface area contributed by atoms with E-state index in [-0.39, 0.29) is 17.7 Å². The van der Waals surface area contributed by atoms with Crippen LogP contribution in [0.2, 0.25) is 0 Å². The highest BCUT2D eigenvalue weighted by Gasteiger charge is 2.26. The normalized spacial score (nSPS) is 13.6. The molecule has 76 valence electrons. The second-order valence-corrected chi connectivity index (χ2v) is 3.15. The van der Waals surface area contributed by atoms with Gasteiger partial charge in [-0.15, -0.1) is 0 Å². The fourth-order valence-corrected chi connectivity index (χ4v) is 1.46. The molecule has 0 bridgehead atoms. The monoisotopic (exact) mass is 206 g/mol. The highest BCUT2D eigenvalue weighted by atomic mass is 16.6. The number of nitrogens with zero attached hydrogens (tertiary/aromatic N) is 1. The van der Waals surface area contributed by atoms with E-state index in [1.54, 1.807) is 0 Å². The van der Waals surface area contributed by atoms with Gasteiger partial charge < -0.3 is 0 Å². The summed E-state index contributed by atoms with van der Waals surface area (Å²) >= 11 is 0. The van der Waals surface area contributed by atoms with Gasteiger partial charge in [-0.2, -0.15) is 0 Å². The van der Waals surface area contributed by atoms with Crippen LogP contribution >= 0.6 is 0 Å². The van der Waals surface area contributed by atoms with Crippen LogP contribution in [0.4, 0.5) is 0 Å². The van der Waals surface area contributed by atoms with Crippen LogP contribution in [0.3, 0.4) is 0 Å². The summed E-state index contributed by atoms with van der Waals surface area (Å²) < 4.78 is 0. The van der Waals surface area contributed by atoms with E-state index >= 15 is 0 Å². The summed E-state index contributed by atoms with van der Waals surface area (Å²) in [5.41, 5.74) is 0.884. The lowest BCUT2D eigenvalue weighted by molar-refractivity contribution is -0.496. The number of hydrogen-bond donors (Lipinski definition) is 1. The molecule has 0 aliphatic carbocycles. The molecule has 1 aliphatic rings. The van der Waals surface area contributed by atoms with Crippen molar-refractivity contribution >= 4 is 11.8 Å². The first-order valence-electron chi connectivity index (χ1n) is 4.18. The van der Waals surface area contributed by atoms with Crippen LogP contribution in [0.5, 0.6) is 0 Å². The van der Waals surface area contributed by atoms with Gasteiger partial charge in [-0.05, 0) is 12.1 Å². The van der Waals surface area contributed by atoms with Crippen molar-refractivity contribution in [3.8, 4) is 0 Å². The van der Waals surface area contributed by atoms with Crippen LogP contribution in [0, 0.1) is 10.1 Å². The second-order valence-electron chi connectivity index (χ2n) is 3.15. The molecule has 1 aliphatic heterocycles. The number of carbonyl (C=O) groups is 2. The number of carbonyl (C=O) groups excluding carboxylic acids is 2. The SMILES string of the molecule is O=C1NC(=O)c2cc(C[N+](=O)[O-])ccc21. The van der Waals surface area contributed by atoms with Gasteiger partial charge in [0.25, 0.3) is 11.8 Å². The van der Waals surface area contributed by atoms with Crippen LogP contribution in [-0.2, 0) is 6.54 Å². The molecule has 6 heteroatoms. The fraction of sp³-hybridized carbons (Fsp3) is 0.111. The van der Waals surface area contributed by atoms with E-state index in [0.717, 1.165) is 0 Å². The van der Waals surface area contributed by atoms with E-state index < -0.39 is 16.7 Å². The van der Waals surface area contributed by atoms with Gasteiger partial charge in [0, 0.05) is 10.5 Å². The third-order valence-electron chi connectivity index (χ3n) is 2.11. The smallest absolute Gasteiger partial charge is 0.258 e. The number of rotatable bonds is 2. The highest BCUT2D eigenvalue weighted by Crippen LogP contribution is 2.17. The van der Waals surface area contributed by atoms with Crippen molar-refractivity contribution in [1.29, 1.82) is 0 Å². The molecule has 2 rings (SSSR count). The zero-order valence-electron chi connectivity index (χ0n) is 7.52. The quantitative estimate of drug-likeness (QED) is 0.429. The first kappa shape index (κ1) is 9.32. The fourth-order valence-electron chi connectivity index (χ4n) is 1.46. The summed E-state index contributed by atoms with van der Waals surface area (Å²) in [6, 6.07) is 4.27. The van der Waals surface area contributed by atoms with Crippen molar-refractivity contribution in [2.24, 2.45) is 0 Å². The largest absolute Gasteiger partial charge is 0.288 e. The van der Waals surface area contributed by atoms with Gasteiger partial charge in [-0.1, -0.05) is 6.07 Å². The van der Waals surface area contributed by atoms with Crippen molar-refractivity contribution in [2.45, 2.75) is 6.54 Å². The number of imide groups is 1. The summed E-state index contributed by atoms with van der Waals surface area (Å²) in [7, 11) is 0. The molecular weight excluding hydrogens is 200 g/mol. The van der Waals surface area contributed by atoms with Gasteiger partial charge in [0.2, 0.25) is 6.54 Å². The molecule has 0 aromatic heterocycles. The van der Waals surface area contributed by atoms with Gasteiger partial charge >= 0.3 is 0 Å². The summed E-state index contributed by atoms with van der Waals surface area (Å²) in [6.45, 7) is -0.352. The summed E-state index contributed by atoms with van der Waals surface area (Å²) in [5, 5.41) is 12.4. The predicted molar refractivity (Wildman–Crippen MR) is 48.9 cm³/mol. The summed E-state index contributed by atoms with van der Waals surface area (Å²) in [5.74, 6) is -0.956. The molecule has 0 spiro atoms. The van der Waals surface area contributed by atoms with Crippen LogP contribution in [0.15, 0.2) is 18.2 Å². The van der Waals surface area contributed by atoms with E-state index in [1.165, 1.54) is 18.2 Å². The Morgan fingerprint density at radius 3 is 2.53 bits per heavy atom. The summed E-state index contributed by atoms with van der Waals surface area (Å²) in [6.07, 6.45) is 0. The van der Waals surface area contributed by atoms with Crippen molar-refractivity contribution in [2.75, 3.05) is 0 Å². The van der Waals surface area contributed by atoms with Crippen molar-refractivity contribution in [1.82, 2.24) is 5.32 Å². The molecular formula is C9H6N2O4. The van der Waals surface area contributed by atoms with Gasteiger partial charge in [0.15, 0.2) is 0 Å². The molecule has 1 N–H and O–H groups in total. The van der Waals surface area contributed by atoms with Crippen LogP contribution in [-0.4, -0.2) is 16.7 Å². The number of nitro groups is 1. The molecule has 0 atom stereocenters. The predicted octanol–water partition coefficient (Wildman–Crippen LogP) is 0.347.